The highest BCUT2D eigenvalue weighted by Crippen LogP contribution is 2.38. The van der Waals surface area contributed by atoms with Gasteiger partial charge in [-0.25, -0.2) is 4.98 Å². The first-order valence-electron chi connectivity index (χ1n) is 4.84. The molecule has 0 fully saturated rings. The van der Waals surface area contributed by atoms with Gasteiger partial charge in [-0.2, -0.15) is 5.26 Å². The predicted molar refractivity (Wildman–Crippen MR) is 73.8 cm³/mol. The van der Waals surface area contributed by atoms with Crippen LogP contribution in [0.5, 0.6) is 0 Å². The van der Waals surface area contributed by atoms with E-state index in [1.54, 1.807) is 18.2 Å². The van der Waals surface area contributed by atoms with Gasteiger partial charge in [0.15, 0.2) is 0 Å². The van der Waals surface area contributed by atoms with Gasteiger partial charge in [-0.05, 0) is 24.3 Å². The minimum atomic E-state index is 0.237. The van der Waals surface area contributed by atoms with E-state index in [1.807, 2.05) is 6.07 Å². The number of nitrogens with two attached hydrogens (primary N) is 1. The molecule has 18 heavy (non-hydrogen) atoms. The van der Waals surface area contributed by atoms with Gasteiger partial charge in [0.05, 0.1) is 21.4 Å². The van der Waals surface area contributed by atoms with Gasteiger partial charge in [0, 0.05) is 10.6 Å². The molecule has 0 radical (unpaired) electrons. The third-order valence-electron chi connectivity index (χ3n) is 2.28. The lowest BCUT2D eigenvalue weighted by Crippen LogP contribution is -1.96. The van der Waals surface area contributed by atoms with Crippen LogP contribution in [0.3, 0.4) is 0 Å². The molecule has 0 saturated carbocycles. The lowest BCUT2D eigenvalue weighted by Gasteiger charge is -2.09. The number of nitrogen functional groups attached to an aromatic ring is 1. The molecule has 1 heterocycles. The summed E-state index contributed by atoms with van der Waals surface area (Å²) in [5.41, 5.74) is 7.30. The number of benzene rings is 1. The molecule has 1 aromatic carbocycles. The summed E-state index contributed by atoms with van der Waals surface area (Å²) in [6.07, 6.45) is 0. The van der Waals surface area contributed by atoms with E-state index in [-0.39, 0.29) is 5.69 Å². The average molecular weight is 299 g/mol. The number of aromatic nitrogens is 1. The molecule has 2 rings (SSSR count). The number of anilines is 1. The summed E-state index contributed by atoms with van der Waals surface area (Å²) in [4.78, 5) is 4.11. The van der Waals surface area contributed by atoms with Crippen molar-refractivity contribution in [1.29, 1.82) is 5.26 Å². The molecule has 0 aliphatic carbocycles. The Hall–Kier alpha value is -1.47. The molecular weight excluding hydrogens is 293 g/mol. The summed E-state index contributed by atoms with van der Waals surface area (Å²) >= 11 is 18.0. The van der Waals surface area contributed by atoms with Crippen LogP contribution in [0.4, 0.5) is 5.69 Å². The van der Waals surface area contributed by atoms with Crippen molar-refractivity contribution in [3.8, 4) is 17.3 Å². The maximum atomic E-state index is 8.84. The molecule has 0 aliphatic heterocycles. The monoisotopic (exact) mass is 297 g/mol. The molecule has 0 amide bonds. The zero-order valence-corrected chi connectivity index (χ0v) is 11.2. The average Bonchev–Trinajstić information content (AvgIpc) is 2.30. The van der Waals surface area contributed by atoms with Crippen LogP contribution in [0.2, 0.25) is 15.1 Å². The minimum absolute atomic E-state index is 0.237. The summed E-state index contributed by atoms with van der Waals surface area (Å²) in [6, 6.07) is 8.14. The van der Waals surface area contributed by atoms with Crippen molar-refractivity contribution in [1.82, 2.24) is 4.98 Å². The predicted octanol–water partition coefficient (Wildman–Crippen LogP) is 4.16. The highest BCUT2D eigenvalue weighted by atomic mass is 35.5. The Morgan fingerprint density at radius 2 is 1.72 bits per heavy atom. The number of pyridine rings is 1. The largest absolute Gasteiger partial charge is 0.397 e. The number of nitriles is 1. The van der Waals surface area contributed by atoms with Crippen LogP contribution in [0.15, 0.2) is 24.3 Å². The van der Waals surface area contributed by atoms with Crippen molar-refractivity contribution < 1.29 is 0 Å². The fraction of sp³-hybridized carbons (Fsp3) is 0. The molecule has 0 atom stereocenters. The van der Waals surface area contributed by atoms with Crippen molar-refractivity contribution in [2.75, 3.05) is 5.73 Å². The second kappa shape index (κ2) is 5.03. The van der Waals surface area contributed by atoms with Crippen molar-refractivity contribution in [2.24, 2.45) is 0 Å². The molecule has 2 aromatic rings. The molecule has 3 nitrogen and oxygen atoms in total. The highest BCUT2D eigenvalue weighted by molar-refractivity contribution is 6.41. The van der Waals surface area contributed by atoms with Gasteiger partial charge in [-0.3, -0.25) is 0 Å². The normalized spacial score (nSPS) is 10.1. The Balaban J connectivity index is 2.73. The lowest BCUT2D eigenvalue weighted by molar-refractivity contribution is 1.27. The summed E-state index contributed by atoms with van der Waals surface area (Å²) in [5.74, 6) is 0. The van der Waals surface area contributed by atoms with Gasteiger partial charge in [0.1, 0.15) is 11.8 Å². The van der Waals surface area contributed by atoms with E-state index in [0.29, 0.717) is 32.0 Å². The van der Waals surface area contributed by atoms with Gasteiger partial charge in [-0.1, -0.05) is 34.8 Å². The quantitative estimate of drug-likeness (QED) is 0.859. The van der Waals surface area contributed by atoms with E-state index in [1.165, 1.54) is 6.07 Å². The van der Waals surface area contributed by atoms with E-state index < -0.39 is 0 Å². The van der Waals surface area contributed by atoms with E-state index in [0.717, 1.165) is 0 Å². The first kappa shape index (κ1) is 13.0. The Labute approximate surface area is 119 Å². The zero-order valence-electron chi connectivity index (χ0n) is 8.92. The Morgan fingerprint density at radius 3 is 2.28 bits per heavy atom. The molecular formula is C12H6Cl3N3. The summed E-state index contributed by atoms with van der Waals surface area (Å²) in [7, 11) is 0. The molecule has 90 valence electrons. The maximum Gasteiger partial charge on any atom is 0.141 e. The number of hydrogen-bond donors (Lipinski definition) is 1. The first-order valence-corrected chi connectivity index (χ1v) is 5.98. The molecule has 0 aliphatic rings. The number of rotatable bonds is 1. The van der Waals surface area contributed by atoms with Crippen LogP contribution in [-0.2, 0) is 0 Å². The summed E-state index contributed by atoms with van der Waals surface area (Å²) in [5, 5.41) is 9.93. The number of hydrogen-bond acceptors (Lipinski definition) is 3. The van der Waals surface area contributed by atoms with Crippen LogP contribution in [0.25, 0.3) is 11.3 Å². The molecule has 2 N–H and O–H groups in total. The van der Waals surface area contributed by atoms with E-state index in [9.17, 15) is 0 Å². The van der Waals surface area contributed by atoms with Crippen molar-refractivity contribution in [3.05, 3.63) is 45.0 Å². The molecule has 0 spiro atoms. The molecule has 0 unspecified atom stereocenters. The van der Waals surface area contributed by atoms with Gasteiger partial charge < -0.3 is 5.73 Å². The Bertz CT molecular complexity index is 639. The maximum absolute atomic E-state index is 8.84. The summed E-state index contributed by atoms with van der Waals surface area (Å²) in [6.45, 7) is 0. The second-order valence-electron chi connectivity index (χ2n) is 3.49. The van der Waals surface area contributed by atoms with E-state index in [2.05, 4.69) is 4.98 Å². The highest BCUT2D eigenvalue weighted by Gasteiger charge is 2.15. The van der Waals surface area contributed by atoms with Crippen molar-refractivity contribution in [3.63, 3.8) is 0 Å². The molecule has 1 aromatic heterocycles. The third-order valence-corrected chi connectivity index (χ3v) is 3.10. The Morgan fingerprint density at radius 1 is 1.11 bits per heavy atom. The van der Waals surface area contributed by atoms with Crippen LogP contribution < -0.4 is 5.73 Å². The molecule has 0 bridgehead atoms. The Kier molecular flexibility index (Phi) is 3.63. The number of halogens is 3. The third kappa shape index (κ3) is 2.37. The standard InChI is InChI=1S/C12H6Cl3N3/c13-6-3-8(14)11(9(15)4-6)12-10(17)2-1-7(5-16)18-12/h1-4H,17H2. The van der Waals surface area contributed by atoms with Gasteiger partial charge in [-0.15, -0.1) is 0 Å². The van der Waals surface area contributed by atoms with Crippen molar-refractivity contribution in [2.45, 2.75) is 0 Å². The van der Waals surface area contributed by atoms with Gasteiger partial charge in [0.25, 0.3) is 0 Å². The SMILES string of the molecule is N#Cc1ccc(N)c(-c2c(Cl)cc(Cl)cc2Cl)n1. The first-order chi connectivity index (χ1) is 8.52. The zero-order chi connectivity index (χ0) is 13.3. The van der Waals surface area contributed by atoms with E-state index >= 15 is 0 Å². The topological polar surface area (TPSA) is 62.7 Å². The van der Waals surface area contributed by atoms with Gasteiger partial charge in [0.2, 0.25) is 0 Å². The minimum Gasteiger partial charge on any atom is -0.397 e. The van der Waals surface area contributed by atoms with Crippen LogP contribution in [0.1, 0.15) is 5.69 Å². The fourth-order valence-corrected chi connectivity index (χ4v) is 2.50. The van der Waals surface area contributed by atoms with Crippen molar-refractivity contribution >= 4 is 40.5 Å². The molecule has 0 saturated heterocycles. The summed E-state index contributed by atoms with van der Waals surface area (Å²) < 4.78 is 0. The van der Waals surface area contributed by atoms with Gasteiger partial charge >= 0.3 is 0 Å². The van der Waals surface area contributed by atoms with Crippen LogP contribution in [0, 0.1) is 11.3 Å². The van der Waals surface area contributed by atoms with Crippen LogP contribution >= 0.6 is 34.8 Å². The van der Waals surface area contributed by atoms with Crippen LogP contribution in [-0.4, -0.2) is 4.98 Å². The van der Waals surface area contributed by atoms with E-state index in [4.69, 9.17) is 45.8 Å². The lowest BCUT2D eigenvalue weighted by atomic mass is 10.1. The fourth-order valence-electron chi connectivity index (χ4n) is 1.50. The smallest absolute Gasteiger partial charge is 0.141 e. The second-order valence-corrected chi connectivity index (χ2v) is 4.74. The number of nitrogens with zero attached hydrogens (tertiary/aromatic N) is 2. The molecule has 6 heteroatoms.